The summed E-state index contributed by atoms with van der Waals surface area (Å²) in [6, 6.07) is 10.5. The lowest BCUT2D eigenvalue weighted by molar-refractivity contribution is -0.0556. The Labute approximate surface area is 140 Å². The number of aromatic nitrogens is 2. The van der Waals surface area contributed by atoms with Crippen molar-refractivity contribution in [3.63, 3.8) is 0 Å². The molecular formula is C16H20ClN5O. The number of anilines is 2. The van der Waals surface area contributed by atoms with Gasteiger partial charge >= 0.3 is 0 Å². The molecule has 2 heterocycles. The van der Waals surface area contributed by atoms with Crippen LogP contribution in [0.5, 0.6) is 0 Å². The Morgan fingerprint density at radius 2 is 2.13 bits per heavy atom. The lowest BCUT2D eigenvalue weighted by atomic mass is 9.98. The highest BCUT2D eigenvalue weighted by molar-refractivity contribution is 6.35. The van der Waals surface area contributed by atoms with Crippen molar-refractivity contribution >= 4 is 23.2 Å². The monoisotopic (exact) mass is 333 g/mol. The maximum Gasteiger partial charge on any atom is 0.150 e. The molecule has 0 saturated carbocycles. The molecule has 0 spiro atoms. The first-order chi connectivity index (χ1) is 11.2. The highest BCUT2D eigenvalue weighted by Crippen LogP contribution is 2.29. The van der Waals surface area contributed by atoms with Gasteiger partial charge in [0.25, 0.3) is 0 Å². The Balaban J connectivity index is 1.75. The second kappa shape index (κ2) is 7.12. The van der Waals surface area contributed by atoms with Crippen molar-refractivity contribution in [1.29, 1.82) is 0 Å². The zero-order valence-electron chi connectivity index (χ0n) is 12.9. The lowest BCUT2D eigenvalue weighted by Crippen LogP contribution is -2.46. The van der Waals surface area contributed by atoms with E-state index in [0.29, 0.717) is 24.0 Å². The Bertz CT molecular complexity index is 654. The quantitative estimate of drug-likeness (QED) is 0.893. The number of ether oxygens (including phenoxy) is 1. The van der Waals surface area contributed by atoms with Crippen LogP contribution in [0.2, 0.25) is 5.02 Å². The summed E-state index contributed by atoms with van der Waals surface area (Å²) in [5.41, 5.74) is 6.94. The number of nitrogen functional groups attached to an aromatic ring is 1. The minimum atomic E-state index is -0.0107. The molecule has 122 valence electrons. The molecule has 1 aliphatic heterocycles. The van der Waals surface area contributed by atoms with Crippen molar-refractivity contribution in [3.05, 3.63) is 47.2 Å². The molecule has 1 aliphatic rings. The van der Waals surface area contributed by atoms with Crippen LogP contribution in [0.4, 0.5) is 11.6 Å². The van der Waals surface area contributed by atoms with Gasteiger partial charge in [0.1, 0.15) is 17.2 Å². The first kappa shape index (κ1) is 16.0. The van der Waals surface area contributed by atoms with Crippen LogP contribution in [0.1, 0.15) is 11.6 Å². The number of nitrogens with zero attached hydrogens (tertiary/aromatic N) is 3. The van der Waals surface area contributed by atoms with Crippen molar-refractivity contribution in [2.75, 3.05) is 37.8 Å². The predicted octanol–water partition coefficient (Wildman–Crippen LogP) is 2.20. The standard InChI is InChI=1S/C16H20ClN5O/c1-22-7-8-23-12(14(22)11-5-3-2-4-6-11)9-19-16-13(17)15(18)20-10-21-16/h2-6,10,12,14H,7-9H2,1H3,(H3,18,19,20,21)/t12-,14-/m0/s1. The normalized spacial score (nSPS) is 22.0. The van der Waals surface area contributed by atoms with E-state index in [1.165, 1.54) is 11.9 Å². The van der Waals surface area contributed by atoms with Gasteiger partial charge in [-0.2, -0.15) is 0 Å². The van der Waals surface area contributed by atoms with Crippen LogP contribution in [0.15, 0.2) is 36.7 Å². The number of benzene rings is 1. The molecule has 1 aromatic carbocycles. The van der Waals surface area contributed by atoms with Crippen molar-refractivity contribution in [2.24, 2.45) is 0 Å². The lowest BCUT2D eigenvalue weighted by Gasteiger charge is -2.39. The minimum Gasteiger partial charge on any atom is -0.382 e. The van der Waals surface area contributed by atoms with Gasteiger partial charge in [0.15, 0.2) is 5.82 Å². The number of rotatable bonds is 4. The van der Waals surface area contributed by atoms with Crippen LogP contribution >= 0.6 is 11.6 Å². The van der Waals surface area contributed by atoms with Gasteiger partial charge in [-0.25, -0.2) is 9.97 Å². The SMILES string of the molecule is CN1CCO[C@@H](CNc2ncnc(N)c2Cl)[C@@H]1c1ccccc1. The van der Waals surface area contributed by atoms with Crippen molar-refractivity contribution < 1.29 is 4.74 Å². The topological polar surface area (TPSA) is 76.3 Å². The molecule has 0 unspecified atom stereocenters. The van der Waals surface area contributed by atoms with E-state index in [2.05, 4.69) is 39.4 Å². The van der Waals surface area contributed by atoms with Crippen LogP contribution in [0, 0.1) is 0 Å². The molecule has 3 rings (SSSR count). The number of nitrogens with one attached hydrogen (secondary N) is 1. The minimum absolute atomic E-state index is 0.0107. The average molecular weight is 334 g/mol. The second-order valence-corrected chi connectivity index (χ2v) is 5.93. The first-order valence-electron chi connectivity index (χ1n) is 7.53. The molecule has 7 heteroatoms. The molecule has 1 fully saturated rings. The first-order valence-corrected chi connectivity index (χ1v) is 7.91. The Hall–Kier alpha value is -1.89. The molecular weight excluding hydrogens is 314 g/mol. The van der Waals surface area contributed by atoms with Crippen LogP contribution in [-0.2, 0) is 4.74 Å². The fourth-order valence-corrected chi connectivity index (χ4v) is 3.02. The Morgan fingerprint density at radius 3 is 2.91 bits per heavy atom. The van der Waals surface area contributed by atoms with E-state index >= 15 is 0 Å². The second-order valence-electron chi connectivity index (χ2n) is 5.55. The van der Waals surface area contributed by atoms with Gasteiger partial charge in [-0.05, 0) is 12.6 Å². The molecule has 0 bridgehead atoms. The van der Waals surface area contributed by atoms with Crippen LogP contribution in [-0.4, -0.2) is 47.7 Å². The van der Waals surface area contributed by atoms with E-state index in [9.17, 15) is 0 Å². The zero-order valence-corrected chi connectivity index (χ0v) is 13.7. The van der Waals surface area contributed by atoms with E-state index in [0.717, 1.165) is 6.54 Å². The number of hydrogen-bond acceptors (Lipinski definition) is 6. The maximum atomic E-state index is 6.13. The third-order valence-electron chi connectivity index (χ3n) is 4.03. The summed E-state index contributed by atoms with van der Waals surface area (Å²) in [6.45, 7) is 2.18. The maximum absolute atomic E-state index is 6.13. The summed E-state index contributed by atoms with van der Waals surface area (Å²) in [7, 11) is 2.11. The number of morpholine rings is 1. The van der Waals surface area contributed by atoms with Gasteiger partial charge < -0.3 is 15.8 Å². The van der Waals surface area contributed by atoms with Crippen LogP contribution < -0.4 is 11.1 Å². The molecule has 0 aliphatic carbocycles. The smallest absolute Gasteiger partial charge is 0.150 e. The fraction of sp³-hybridized carbons (Fsp3) is 0.375. The fourth-order valence-electron chi connectivity index (χ4n) is 2.86. The molecule has 6 nitrogen and oxygen atoms in total. The zero-order chi connectivity index (χ0) is 16.2. The summed E-state index contributed by atoms with van der Waals surface area (Å²) in [6.07, 6.45) is 1.38. The molecule has 2 aromatic rings. The molecule has 0 radical (unpaired) electrons. The van der Waals surface area contributed by atoms with Gasteiger partial charge in [-0.1, -0.05) is 41.9 Å². The van der Waals surface area contributed by atoms with Crippen LogP contribution in [0.3, 0.4) is 0 Å². The van der Waals surface area contributed by atoms with E-state index in [1.54, 1.807) is 0 Å². The Kier molecular flexibility index (Phi) is 4.95. The summed E-state index contributed by atoms with van der Waals surface area (Å²) in [4.78, 5) is 10.3. The summed E-state index contributed by atoms with van der Waals surface area (Å²) >= 11 is 6.13. The molecule has 1 saturated heterocycles. The van der Waals surface area contributed by atoms with Gasteiger partial charge in [-0.15, -0.1) is 0 Å². The predicted molar refractivity (Wildman–Crippen MR) is 91.5 cm³/mol. The third-order valence-corrected chi connectivity index (χ3v) is 4.40. The number of hydrogen-bond donors (Lipinski definition) is 2. The van der Waals surface area contributed by atoms with Crippen molar-refractivity contribution in [1.82, 2.24) is 14.9 Å². The molecule has 0 amide bonds. The third kappa shape index (κ3) is 3.55. The van der Waals surface area contributed by atoms with Gasteiger partial charge in [0.05, 0.1) is 18.8 Å². The highest BCUT2D eigenvalue weighted by atomic mass is 35.5. The largest absolute Gasteiger partial charge is 0.382 e. The van der Waals surface area contributed by atoms with Gasteiger partial charge in [0, 0.05) is 13.1 Å². The van der Waals surface area contributed by atoms with Gasteiger partial charge in [0.2, 0.25) is 0 Å². The molecule has 1 aromatic heterocycles. The molecule has 2 atom stereocenters. The number of halogens is 1. The average Bonchev–Trinajstić information content (AvgIpc) is 2.57. The van der Waals surface area contributed by atoms with E-state index < -0.39 is 0 Å². The Morgan fingerprint density at radius 1 is 1.35 bits per heavy atom. The summed E-state index contributed by atoms with van der Waals surface area (Å²) in [5.74, 6) is 0.799. The van der Waals surface area contributed by atoms with Crippen molar-refractivity contribution in [2.45, 2.75) is 12.1 Å². The summed E-state index contributed by atoms with van der Waals surface area (Å²) < 4.78 is 5.99. The number of likely N-dealkylation sites (N-methyl/N-ethyl adjacent to an activating group) is 1. The van der Waals surface area contributed by atoms with Crippen molar-refractivity contribution in [3.8, 4) is 0 Å². The van der Waals surface area contributed by atoms with E-state index in [1.807, 2.05) is 18.2 Å². The van der Waals surface area contributed by atoms with E-state index in [4.69, 9.17) is 22.1 Å². The van der Waals surface area contributed by atoms with Gasteiger partial charge in [-0.3, -0.25) is 4.90 Å². The molecule has 23 heavy (non-hydrogen) atoms. The van der Waals surface area contributed by atoms with E-state index in [-0.39, 0.29) is 18.0 Å². The molecule has 3 N–H and O–H groups in total. The highest BCUT2D eigenvalue weighted by Gasteiger charge is 2.31. The summed E-state index contributed by atoms with van der Waals surface area (Å²) in [5, 5.41) is 3.57. The number of nitrogens with two attached hydrogens (primary N) is 1. The van der Waals surface area contributed by atoms with Crippen LogP contribution in [0.25, 0.3) is 0 Å².